The first-order chi connectivity index (χ1) is 5.83. The van der Waals surface area contributed by atoms with Crippen molar-refractivity contribution in [3.05, 3.63) is 35.8 Å². The van der Waals surface area contributed by atoms with Crippen LogP contribution in [0.2, 0.25) is 0 Å². The van der Waals surface area contributed by atoms with Crippen LogP contribution in [-0.2, 0) is 0 Å². The second-order valence-electron chi connectivity index (χ2n) is 2.63. The molecule has 0 N–H and O–H groups in total. The van der Waals surface area contributed by atoms with Crippen molar-refractivity contribution in [2.75, 3.05) is 0 Å². The van der Waals surface area contributed by atoms with Gasteiger partial charge < -0.3 is 4.40 Å². The number of rotatable bonds is 1. The molecule has 0 fully saturated rings. The van der Waals surface area contributed by atoms with E-state index in [2.05, 4.69) is 4.98 Å². The molecule has 0 bridgehead atoms. The maximum Gasteiger partial charge on any atom is 0.170 e. The molecule has 0 unspecified atom stereocenters. The van der Waals surface area contributed by atoms with Gasteiger partial charge in [-0.15, -0.1) is 0 Å². The van der Waals surface area contributed by atoms with Crippen molar-refractivity contribution in [1.82, 2.24) is 9.38 Å². The Labute approximate surface area is 69.7 Å². The molecule has 60 valence electrons. The van der Waals surface area contributed by atoms with E-state index in [1.807, 2.05) is 35.7 Å². The van der Waals surface area contributed by atoms with Crippen molar-refractivity contribution in [2.45, 2.75) is 6.92 Å². The summed E-state index contributed by atoms with van der Waals surface area (Å²) < 4.78 is 1.89. The topological polar surface area (TPSA) is 34.4 Å². The first-order valence-electron chi connectivity index (χ1n) is 3.72. The molecule has 0 aliphatic carbocycles. The quantitative estimate of drug-likeness (QED) is 0.592. The van der Waals surface area contributed by atoms with Crippen molar-refractivity contribution in [1.29, 1.82) is 0 Å². The van der Waals surface area contributed by atoms with Crippen LogP contribution in [0.15, 0.2) is 24.4 Å². The van der Waals surface area contributed by atoms with Gasteiger partial charge in [0.2, 0.25) is 0 Å². The van der Waals surface area contributed by atoms with E-state index in [1.165, 1.54) is 0 Å². The largest absolute Gasteiger partial charge is 0.304 e. The fraction of sp³-hybridized carbons (Fsp3) is 0.111. The average molecular weight is 160 g/mol. The molecular formula is C9H8N2O. The van der Waals surface area contributed by atoms with Crippen molar-refractivity contribution in [3.63, 3.8) is 0 Å². The fourth-order valence-electron chi connectivity index (χ4n) is 1.25. The molecule has 0 saturated carbocycles. The van der Waals surface area contributed by atoms with E-state index in [4.69, 9.17) is 0 Å². The first kappa shape index (κ1) is 7.03. The number of hydrogen-bond donors (Lipinski definition) is 0. The number of aldehydes is 1. The predicted octanol–water partition coefficient (Wildman–Crippen LogP) is 1.46. The molecule has 2 aromatic rings. The average Bonchev–Trinajstić information content (AvgIpc) is 2.44. The summed E-state index contributed by atoms with van der Waals surface area (Å²) in [6, 6.07) is 5.69. The van der Waals surface area contributed by atoms with Gasteiger partial charge in [0.25, 0.3) is 0 Å². The molecule has 0 amide bonds. The van der Waals surface area contributed by atoms with Crippen LogP contribution in [0.25, 0.3) is 5.65 Å². The minimum Gasteiger partial charge on any atom is -0.304 e. The zero-order valence-electron chi connectivity index (χ0n) is 6.69. The molecule has 0 spiro atoms. The maximum atomic E-state index is 10.5. The molecule has 0 saturated heterocycles. The molecule has 12 heavy (non-hydrogen) atoms. The Bertz CT molecular complexity index is 431. The summed E-state index contributed by atoms with van der Waals surface area (Å²) in [6.45, 7) is 1.88. The van der Waals surface area contributed by atoms with Gasteiger partial charge in [-0.1, -0.05) is 6.07 Å². The van der Waals surface area contributed by atoms with Crippen LogP contribution in [-0.4, -0.2) is 15.7 Å². The normalized spacial score (nSPS) is 10.4. The van der Waals surface area contributed by atoms with E-state index >= 15 is 0 Å². The molecule has 0 aliphatic rings. The number of hydrogen-bond acceptors (Lipinski definition) is 2. The van der Waals surface area contributed by atoms with Crippen LogP contribution in [0.5, 0.6) is 0 Å². The Morgan fingerprint density at radius 3 is 3.00 bits per heavy atom. The Morgan fingerprint density at radius 2 is 2.33 bits per heavy atom. The third-order valence-corrected chi connectivity index (χ3v) is 1.92. The van der Waals surface area contributed by atoms with E-state index in [0.29, 0.717) is 5.69 Å². The number of pyridine rings is 1. The second-order valence-corrected chi connectivity index (χ2v) is 2.63. The highest BCUT2D eigenvalue weighted by Gasteiger charge is 2.04. The van der Waals surface area contributed by atoms with E-state index < -0.39 is 0 Å². The molecule has 0 radical (unpaired) electrons. The van der Waals surface area contributed by atoms with Crippen molar-refractivity contribution >= 4 is 11.9 Å². The number of aryl methyl sites for hydroxylation is 1. The van der Waals surface area contributed by atoms with Gasteiger partial charge in [0.05, 0.1) is 5.69 Å². The third-order valence-electron chi connectivity index (χ3n) is 1.92. The van der Waals surface area contributed by atoms with Gasteiger partial charge >= 0.3 is 0 Å². The van der Waals surface area contributed by atoms with E-state index in [1.54, 1.807) is 0 Å². The SMILES string of the molecule is Cc1c(C=O)nc2ccccn12. The summed E-state index contributed by atoms with van der Waals surface area (Å²) in [5.74, 6) is 0. The smallest absolute Gasteiger partial charge is 0.170 e. The monoisotopic (exact) mass is 160 g/mol. The third kappa shape index (κ3) is 0.830. The zero-order valence-corrected chi connectivity index (χ0v) is 6.69. The van der Waals surface area contributed by atoms with E-state index in [0.717, 1.165) is 17.6 Å². The Kier molecular flexibility index (Phi) is 1.43. The van der Waals surface area contributed by atoms with Crippen LogP contribution in [0.4, 0.5) is 0 Å². The summed E-state index contributed by atoms with van der Waals surface area (Å²) in [4.78, 5) is 14.6. The van der Waals surface area contributed by atoms with Gasteiger partial charge in [0.1, 0.15) is 11.3 Å². The van der Waals surface area contributed by atoms with Crippen LogP contribution in [0.3, 0.4) is 0 Å². The van der Waals surface area contributed by atoms with Crippen molar-refractivity contribution in [2.24, 2.45) is 0 Å². The Balaban J connectivity index is 2.87. The lowest BCUT2D eigenvalue weighted by Gasteiger charge is -1.92. The Hall–Kier alpha value is -1.64. The maximum absolute atomic E-state index is 10.5. The molecule has 2 rings (SSSR count). The van der Waals surface area contributed by atoms with Gasteiger partial charge in [-0.25, -0.2) is 4.98 Å². The molecule has 0 atom stereocenters. The summed E-state index contributed by atoms with van der Waals surface area (Å²) in [5, 5.41) is 0. The highest BCUT2D eigenvalue weighted by Crippen LogP contribution is 2.08. The second kappa shape index (κ2) is 2.44. The van der Waals surface area contributed by atoms with Gasteiger partial charge in [-0.3, -0.25) is 4.79 Å². The van der Waals surface area contributed by atoms with Crippen molar-refractivity contribution < 1.29 is 4.79 Å². The van der Waals surface area contributed by atoms with Gasteiger partial charge in [0.15, 0.2) is 6.29 Å². The van der Waals surface area contributed by atoms with Crippen LogP contribution >= 0.6 is 0 Å². The number of carbonyl (C=O) groups excluding carboxylic acids is 1. The fourth-order valence-corrected chi connectivity index (χ4v) is 1.25. The van der Waals surface area contributed by atoms with Gasteiger partial charge in [-0.2, -0.15) is 0 Å². The number of nitrogens with zero attached hydrogens (tertiary/aromatic N) is 2. The zero-order chi connectivity index (χ0) is 8.55. The lowest BCUT2D eigenvalue weighted by Crippen LogP contribution is -1.86. The lowest BCUT2D eigenvalue weighted by atomic mass is 10.4. The summed E-state index contributed by atoms with van der Waals surface area (Å²) >= 11 is 0. The number of fused-ring (bicyclic) bond motifs is 1. The molecule has 3 heteroatoms. The van der Waals surface area contributed by atoms with E-state index in [9.17, 15) is 4.79 Å². The van der Waals surface area contributed by atoms with Crippen molar-refractivity contribution in [3.8, 4) is 0 Å². The van der Waals surface area contributed by atoms with Crippen LogP contribution in [0.1, 0.15) is 16.2 Å². The van der Waals surface area contributed by atoms with Gasteiger partial charge in [0, 0.05) is 6.20 Å². The standard InChI is InChI=1S/C9H8N2O/c1-7-8(6-12)10-9-4-2-3-5-11(7)9/h2-6H,1H3. The lowest BCUT2D eigenvalue weighted by molar-refractivity contribution is 0.111. The number of aromatic nitrogens is 2. The molecule has 2 heterocycles. The molecule has 2 aromatic heterocycles. The summed E-state index contributed by atoms with van der Waals surface area (Å²) in [5.41, 5.74) is 2.22. The van der Waals surface area contributed by atoms with E-state index in [-0.39, 0.29) is 0 Å². The molecule has 0 aliphatic heterocycles. The highest BCUT2D eigenvalue weighted by atomic mass is 16.1. The number of carbonyl (C=O) groups is 1. The number of imidazole rings is 1. The summed E-state index contributed by atoms with van der Waals surface area (Å²) in [6.07, 6.45) is 2.67. The first-order valence-corrected chi connectivity index (χ1v) is 3.72. The Morgan fingerprint density at radius 1 is 1.50 bits per heavy atom. The predicted molar refractivity (Wildman–Crippen MR) is 45.3 cm³/mol. The molecule has 0 aromatic carbocycles. The minimum absolute atomic E-state index is 0.515. The van der Waals surface area contributed by atoms with Crippen LogP contribution < -0.4 is 0 Å². The highest BCUT2D eigenvalue weighted by molar-refractivity contribution is 5.75. The summed E-state index contributed by atoms with van der Waals surface area (Å²) in [7, 11) is 0. The molecular weight excluding hydrogens is 152 g/mol. The van der Waals surface area contributed by atoms with Crippen LogP contribution in [0, 0.1) is 6.92 Å². The minimum atomic E-state index is 0.515. The molecule has 3 nitrogen and oxygen atoms in total. The van der Waals surface area contributed by atoms with Gasteiger partial charge in [-0.05, 0) is 19.1 Å².